The van der Waals surface area contributed by atoms with Crippen LogP contribution in [0.2, 0.25) is 0 Å². The van der Waals surface area contributed by atoms with Crippen molar-refractivity contribution in [1.82, 2.24) is 9.97 Å². The molecular formula is C13H19N3O. The van der Waals surface area contributed by atoms with Crippen LogP contribution in [-0.2, 0) is 4.74 Å². The van der Waals surface area contributed by atoms with Gasteiger partial charge in [0, 0.05) is 17.7 Å². The van der Waals surface area contributed by atoms with Gasteiger partial charge in [0.15, 0.2) is 0 Å². The van der Waals surface area contributed by atoms with Gasteiger partial charge >= 0.3 is 0 Å². The Hall–Kier alpha value is -1.16. The zero-order valence-electron chi connectivity index (χ0n) is 10.4. The first-order chi connectivity index (χ1) is 8.13. The van der Waals surface area contributed by atoms with Crippen molar-refractivity contribution in [2.24, 2.45) is 0 Å². The van der Waals surface area contributed by atoms with E-state index in [1.807, 2.05) is 6.07 Å². The van der Waals surface area contributed by atoms with Gasteiger partial charge in [-0.1, -0.05) is 13.8 Å². The Labute approximate surface area is 102 Å². The molecule has 2 saturated heterocycles. The van der Waals surface area contributed by atoms with E-state index in [0.29, 0.717) is 29.9 Å². The zero-order valence-corrected chi connectivity index (χ0v) is 10.4. The van der Waals surface area contributed by atoms with E-state index in [1.54, 1.807) is 0 Å². The molecule has 3 heterocycles. The van der Waals surface area contributed by atoms with Crippen LogP contribution in [0.1, 0.15) is 56.5 Å². The second-order valence-electron chi connectivity index (χ2n) is 5.45. The van der Waals surface area contributed by atoms with Crippen LogP contribution in [0.5, 0.6) is 0 Å². The zero-order chi connectivity index (χ0) is 12.0. The van der Waals surface area contributed by atoms with Crippen LogP contribution in [0, 0.1) is 0 Å². The SMILES string of the molecule is CC(C)c1cc(N)nc(C2CC3CCC2O3)n1. The van der Waals surface area contributed by atoms with Crippen LogP contribution >= 0.6 is 0 Å². The minimum Gasteiger partial charge on any atom is -0.384 e. The molecule has 3 unspecified atom stereocenters. The van der Waals surface area contributed by atoms with Gasteiger partial charge in [0.25, 0.3) is 0 Å². The van der Waals surface area contributed by atoms with Gasteiger partial charge in [0.2, 0.25) is 0 Å². The van der Waals surface area contributed by atoms with Gasteiger partial charge in [-0.15, -0.1) is 0 Å². The van der Waals surface area contributed by atoms with Gasteiger partial charge < -0.3 is 10.5 Å². The van der Waals surface area contributed by atoms with Crippen LogP contribution in [0.15, 0.2) is 6.07 Å². The van der Waals surface area contributed by atoms with Crippen molar-refractivity contribution >= 4 is 5.82 Å². The molecule has 2 N–H and O–H groups in total. The van der Waals surface area contributed by atoms with Gasteiger partial charge in [-0.2, -0.15) is 0 Å². The van der Waals surface area contributed by atoms with Crippen LogP contribution in [-0.4, -0.2) is 22.2 Å². The first kappa shape index (κ1) is 11.0. The lowest BCUT2D eigenvalue weighted by Crippen LogP contribution is -2.18. The van der Waals surface area contributed by atoms with Crippen molar-refractivity contribution in [3.8, 4) is 0 Å². The summed E-state index contributed by atoms with van der Waals surface area (Å²) >= 11 is 0. The number of nitrogens with zero attached hydrogens (tertiary/aromatic N) is 2. The Morgan fingerprint density at radius 2 is 2.18 bits per heavy atom. The summed E-state index contributed by atoms with van der Waals surface area (Å²) in [7, 11) is 0. The van der Waals surface area contributed by atoms with E-state index in [4.69, 9.17) is 10.5 Å². The molecule has 0 saturated carbocycles. The van der Waals surface area contributed by atoms with Gasteiger partial charge in [0.05, 0.1) is 12.2 Å². The van der Waals surface area contributed by atoms with E-state index in [1.165, 1.54) is 6.42 Å². The molecule has 0 radical (unpaired) electrons. The van der Waals surface area contributed by atoms with Crippen LogP contribution in [0.3, 0.4) is 0 Å². The first-order valence-electron chi connectivity index (χ1n) is 6.43. The van der Waals surface area contributed by atoms with Crippen molar-refractivity contribution in [2.45, 2.75) is 57.2 Å². The monoisotopic (exact) mass is 233 g/mol. The molecule has 2 aliphatic rings. The van der Waals surface area contributed by atoms with Gasteiger partial charge in [0.1, 0.15) is 11.6 Å². The number of hydrogen-bond donors (Lipinski definition) is 1. The molecule has 4 heteroatoms. The van der Waals surface area contributed by atoms with E-state index >= 15 is 0 Å². The summed E-state index contributed by atoms with van der Waals surface area (Å²) < 4.78 is 5.86. The summed E-state index contributed by atoms with van der Waals surface area (Å²) in [5, 5.41) is 0. The fourth-order valence-electron chi connectivity index (χ4n) is 2.88. The van der Waals surface area contributed by atoms with Crippen molar-refractivity contribution in [1.29, 1.82) is 0 Å². The number of nitrogen functional groups attached to an aromatic ring is 1. The molecule has 4 nitrogen and oxygen atoms in total. The minimum absolute atomic E-state index is 0.321. The molecule has 1 aromatic rings. The highest BCUT2D eigenvalue weighted by atomic mass is 16.5. The summed E-state index contributed by atoms with van der Waals surface area (Å²) in [6.45, 7) is 4.26. The van der Waals surface area contributed by atoms with Crippen molar-refractivity contribution in [3.05, 3.63) is 17.6 Å². The number of nitrogens with two attached hydrogens (primary N) is 1. The molecular weight excluding hydrogens is 214 g/mol. The van der Waals surface area contributed by atoms with Crippen molar-refractivity contribution in [3.63, 3.8) is 0 Å². The number of hydrogen-bond acceptors (Lipinski definition) is 4. The second kappa shape index (κ2) is 3.95. The average Bonchev–Trinajstić information content (AvgIpc) is 2.89. The third kappa shape index (κ3) is 1.90. The third-order valence-electron chi connectivity index (χ3n) is 3.81. The van der Waals surface area contributed by atoms with E-state index in [0.717, 1.165) is 24.4 Å². The predicted octanol–water partition coefficient (Wildman–Crippen LogP) is 2.22. The van der Waals surface area contributed by atoms with E-state index in [2.05, 4.69) is 23.8 Å². The number of anilines is 1. The van der Waals surface area contributed by atoms with Crippen molar-refractivity contribution in [2.75, 3.05) is 5.73 Å². The van der Waals surface area contributed by atoms with E-state index in [-0.39, 0.29) is 0 Å². The molecule has 92 valence electrons. The maximum Gasteiger partial charge on any atom is 0.136 e. The Morgan fingerprint density at radius 3 is 2.76 bits per heavy atom. The van der Waals surface area contributed by atoms with Crippen LogP contribution in [0.25, 0.3) is 0 Å². The van der Waals surface area contributed by atoms with Gasteiger partial charge in [-0.25, -0.2) is 9.97 Å². The normalized spacial score (nSPS) is 31.4. The molecule has 1 aromatic heterocycles. The third-order valence-corrected chi connectivity index (χ3v) is 3.81. The topological polar surface area (TPSA) is 61.0 Å². The lowest BCUT2D eigenvalue weighted by molar-refractivity contribution is 0.0998. The number of aromatic nitrogens is 2. The Morgan fingerprint density at radius 1 is 1.35 bits per heavy atom. The molecule has 2 bridgehead atoms. The molecule has 3 atom stereocenters. The molecule has 0 amide bonds. The minimum atomic E-state index is 0.321. The molecule has 2 fully saturated rings. The molecule has 3 rings (SSSR count). The predicted molar refractivity (Wildman–Crippen MR) is 65.8 cm³/mol. The smallest absolute Gasteiger partial charge is 0.136 e. The van der Waals surface area contributed by atoms with E-state index < -0.39 is 0 Å². The Kier molecular flexibility index (Phi) is 2.54. The molecule has 17 heavy (non-hydrogen) atoms. The van der Waals surface area contributed by atoms with Gasteiger partial charge in [-0.3, -0.25) is 0 Å². The number of fused-ring (bicyclic) bond motifs is 2. The summed E-state index contributed by atoms with van der Waals surface area (Å²) in [4.78, 5) is 9.07. The maximum atomic E-state index is 5.87. The Balaban J connectivity index is 1.92. The quantitative estimate of drug-likeness (QED) is 0.850. The number of ether oxygens (including phenoxy) is 1. The van der Waals surface area contributed by atoms with Gasteiger partial charge in [-0.05, 0) is 25.2 Å². The fraction of sp³-hybridized carbons (Fsp3) is 0.692. The maximum absolute atomic E-state index is 5.87. The number of rotatable bonds is 2. The lowest BCUT2D eigenvalue weighted by atomic mass is 9.88. The molecule has 0 spiro atoms. The molecule has 2 aliphatic heterocycles. The average molecular weight is 233 g/mol. The highest BCUT2D eigenvalue weighted by Gasteiger charge is 2.43. The molecule has 0 aliphatic carbocycles. The fourth-order valence-corrected chi connectivity index (χ4v) is 2.88. The Bertz CT molecular complexity index is 433. The van der Waals surface area contributed by atoms with E-state index in [9.17, 15) is 0 Å². The lowest BCUT2D eigenvalue weighted by Gasteiger charge is -2.18. The first-order valence-corrected chi connectivity index (χ1v) is 6.43. The van der Waals surface area contributed by atoms with Crippen molar-refractivity contribution < 1.29 is 4.74 Å². The van der Waals surface area contributed by atoms with Crippen LogP contribution < -0.4 is 5.73 Å². The summed E-state index contributed by atoms with van der Waals surface area (Å²) in [6.07, 6.45) is 4.15. The second-order valence-corrected chi connectivity index (χ2v) is 5.45. The summed E-state index contributed by atoms with van der Waals surface area (Å²) in [6, 6.07) is 1.88. The summed E-state index contributed by atoms with van der Waals surface area (Å²) in [5.41, 5.74) is 6.91. The summed E-state index contributed by atoms with van der Waals surface area (Å²) in [5.74, 6) is 2.22. The van der Waals surface area contributed by atoms with Crippen LogP contribution in [0.4, 0.5) is 5.82 Å². The largest absolute Gasteiger partial charge is 0.384 e. The highest BCUT2D eigenvalue weighted by Crippen LogP contribution is 2.43. The standard InChI is InChI=1S/C13H19N3O/c1-7(2)10-6-12(14)16-13(15-10)9-5-8-3-4-11(9)17-8/h6-9,11H,3-5H2,1-2H3,(H2,14,15,16). The molecule has 0 aromatic carbocycles. The highest BCUT2D eigenvalue weighted by molar-refractivity contribution is 5.32.